The Hall–Kier alpha value is -1.40. The lowest BCUT2D eigenvalue weighted by molar-refractivity contribution is -0.870. The average Bonchev–Trinajstić information content (AvgIpc) is 3.00. The molecule has 0 amide bonds. The van der Waals surface area contributed by atoms with E-state index in [0.717, 1.165) is 8.97 Å². The van der Waals surface area contributed by atoms with Crippen molar-refractivity contribution in [3.63, 3.8) is 0 Å². The highest BCUT2D eigenvalue weighted by Crippen LogP contribution is 2.14. The lowest BCUT2D eigenvalue weighted by Crippen LogP contribution is -2.35. The minimum atomic E-state index is -1.55. The third-order valence-electron chi connectivity index (χ3n) is 8.72. The van der Waals surface area contributed by atoms with Crippen molar-refractivity contribution in [3.05, 3.63) is 12.2 Å². The fraction of sp³-hybridized carbons (Fsp3) is 0.905. The molecule has 6 heteroatoms. The summed E-state index contributed by atoms with van der Waals surface area (Å²) in [6.45, 7) is 7.25. The highest BCUT2D eigenvalue weighted by molar-refractivity contribution is 5.87. The summed E-state index contributed by atoms with van der Waals surface area (Å²) in [5.41, 5.74) is 0. The minimum absolute atomic E-state index is 0.384. The number of carboxylic acids is 2. The number of rotatable bonds is 32. The van der Waals surface area contributed by atoms with Gasteiger partial charge in [-0.1, -0.05) is 168 Å². The second kappa shape index (κ2) is 38.4. The Morgan fingerprint density at radius 3 is 0.667 bits per heavy atom. The van der Waals surface area contributed by atoms with Crippen molar-refractivity contribution in [1.82, 2.24) is 0 Å². The van der Waals surface area contributed by atoms with Gasteiger partial charge in [-0.25, -0.2) is 0 Å². The van der Waals surface area contributed by atoms with Crippen LogP contribution in [0.4, 0.5) is 0 Å². The van der Waals surface area contributed by atoms with Gasteiger partial charge in [0.1, 0.15) is 0 Å². The summed E-state index contributed by atoms with van der Waals surface area (Å²) in [7, 11) is 13.8. The Bertz CT molecular complexity index is 637. The van der Waals surface area contributed by atoms with Gasteiger partial charge in [-0.05, 0) is 37.8 Å². The first-order valence-corrected chi connectivity index (χ1v) is 20.5. The van der Waals surface area contributed by atoms with Gasteiger partial charge in [-0.2, -0.15) is 0 Å². The van der Waals surface area contributed by atoms with Crippen LogP contribution in [0, 0.1) is 0 Å². The van der Waals surface area contributed by atoms with E-state index in [9.17, 15) is 19.8 Å². The maximum absolute atomic E-state index is 9.41. The molecule has 0 aromatic rings. The molecule has 0 aromatic heterocycles. The molecule has 0 heterocycles. The van der Waals surface area contributed by atoms with Gasteiger partial charge in [-0.3, -0.25) is 0 Å². The van der Waals surface area contributed by atoms with E-state index in [1.54, 1.807) is 0 Å². The van der Waals surface area contributed by atoms with E-state index in [0.29, 0.717) is 12.2 Å². The van der Waals surface area contributed by atoms with Crippen molar-refractivity contribution in [2.45, 2.75) is 194 Å². The molecular formula is C42H86N2O4. The van der Waals surface area contributed by atoms with Gasteiger partial charge in [0.25, 0.3) is 0 Å². The van der Waals surface area contributed by atoms with E-state index >= 15 is 0 Å². The van der Waals surface area contributed by atoms with Gasteiger partial charge in [0.05, 0.1) is 67.3 Å². The quantitative estimate of drug-likeness (QED) is 0.0402. The smallest absolute Gasteiger partial charge is 0.0780 e. The van der Waals surface area contributed by atoms with Crippen molar-refractivity contribution in [3.8, 4) is 0 Å². The summed E-state index contributed by atoms with van der Waals surface area (Å²) < 4.78 is 2.25. The van der Waals surface area contributed by atoms with Crippen LogP contribution in [-0.4, -0.2) is 76.3 Å². The fourth-order valence-electron chi connectivity index (χ4n) is 5.70. The highest BCUT2D eigenvalue weighted by Gasteiger charge is 2.06. The molecule has 0 N–H and O–H groups in total. The zero-order chi connectivity index (χ0) is 36.8. The van der Waals surface area contributed by atoms with E-state index < -0.39 is 11.9 Å². The number of unbranched alkanes of at least 4 members (excludes halogenated alkanes) is 26. The Labute approximate surface area is 301 Å². The summed E-state index contributed by atoms with van der Waals surface area (Å²) >= 11 is 0. The van der Waals surface area contributed by atoms with Gasteiger partial charge in [0.15, 0.2) is 0 Å². The second-order valence-electron chi connectivity index (χ2n) is 16.2. The number of nitrogens with zero attached hydrogens (tertiary/aromatic N) is 2. The minimum Gasteiger partial charge on any atom is -0.545 e. The summed E-state index contributed by atoms with van der Waals surface area (Å²) in [5, 5.41) is 18.8. The van der Waals surface area contributed by atoms with E-state index in [1.807, 2.05) is 0 Å². The van der Waals surface area contributed by atoms with Crippen LogP contribution in [0.2, 0.25) is 0 Å². The molecule has 6 nitrogen and oxygen atoms in total. The lowest BCUT2D eigenvalue weighted by atomic mass is 10.0. The third-order valence-corrected chi connectivity index (χ3v) is 8.72. The first-order chi connectivity index (χ1) is 22.7. The van der Waals surface area contributed by atoms with Gasteiger partial charge in [0, 0.05) is 0 Å². The lowest BCUT2D eigenvalue weighted by Gasteiger charge is -2.23. The van der Waals surface area contributed by atoms with Crippen LogP contribution in [0.3, 0.4) is 0 Å². The average molecular weight is 683 g/mol. The van der Waals surface area contributed by atoms with Crippen LogP contribution in [0.15, 0.2) is 12.2 Å². The molecule has 0 unspecified atom stereocenters. The van der Waals surface area contributed by atoms with Gasteiger partial charge in [-0.15, -0.1) is 0 Å². The molecule has 0 saturated carbocycles. The maximum atomic E-state index is 9.41. The van der Waals surface area contributed by atoms with Gasteiger partial charge < -0.3 is 28.8 Å². The molecular weight excluding hydrogens is 596 g/mol. The monoisotopic (exact) mass is 683 g/mol. The molecule has 0 fully saturated rings. The summed E-state index contributed by atoms with van der Waals surface area (Å²) in [4.78, 5) is 18.8. The van der Waals surface area contributed by atoms with Crippen molar-refractivity contribution < 1.29 is 28.8 Å². The predicted molar refractivity (Wildman–Crippen MR) is 206 cm³/mol. The summed E-state index contributed by atoms with van der Waals surface area (Å²) in [5.74, 6) is -3.09. The standard InChI is InChI=1S/2C19H42N.C4H4O4/c2*1-5-6-7-8-9-10-11-12-13-14-15-16-17-18-19-20(2,3)4;5-3(6)1-2-4(7)8/h2*5-19H2,1-4H3;1-2H,(H,5,6)(H,7,8)/q2*+1;/p-2. The number of hydrogen-bond acceptors (Lipinski definition) is 4. The Morgan fingerprint density at radius 1 is 0.354 bits per heavy atom. The molecule has 48 heavy (non-hydrogen) atoms. The summed E-state index contributed by atoms with van der Waals surface area (Å²) in [6, 6.07) is 0. The summed E-state index contributed by atoms with van der Waals surface area (Å²) in [6.07, 6.45) is 41.5. The first-order valence-electron chi connectivity index (χ1n) is 20.5. The molecule has 0 aliphatic carbocycles. The van der Waals surface area contributed by atoms with Crippen LogP contribution in [-0.2, 0) is 9.59 Å². The van der Waals surface area contributed by atoms with Crippen molar-refractivity contribution in [2.75, 3.05) is 55.4 Å². The molecule has 288 valence electrons. The molecule has 0 spiro atoms. The van der Waals surface area contributed by atoms with E-state index in [2.05, 4.69) is 56.1 Å². The third kappa shape index (κ3) is 60.0. The zero-order valence-electron chi connectivity index (χ0n) is 33.9. The highest BCUT2D eigenvalue weighted by atomic mass is 16.4. The SMILES string of the molecule is CCCCCCCCCCCCCCCC[N+](C)(C)C.CCCCCCCCCCCCCCCC[N+](C)(C)C.O=C([O-])C=CC(=O)[O-]. The Morgan fingerprint density at radius 2 is 0.521 bits per heavy atom. The number of aliphatic carboxylic acids is 2. The second-order valence-corrected chi connectivity index (χ2v) is 16.2. The Balaban J connectivity index is -0.000000689. The van der Waals surface area contributed by atoms with Crippen LogP contribution in [0.25, 0.3) is 0 Å². The number of carboxylic acid groups (broad SMARTS) is 2. The van der Waals surface area contributed by atoms with Crippen molar-refractivity contribution in [1.29, 1.82) is 0 Å². The van der Waals surface area contributed by atoms with E-state index in [4.69, 9.17) is 0 Å². The molecule has 0 bridgehead atoms. The largest absolute Gasteiger partial charge is 0.545 e. The van der Waals surface area contributed by atoms with Crippen LogP contribution >= 0.6 is 0 Å². The molecule has 0 rings (SSSR count). The van der Waals surface area contributed by atoms with Crippen molar-refractivity contribution in [2.24, 2.45) is 0 Å². The van der Waals surface area contributed by atoms with Crippen LogP contribution in [0.5, 0.6) is 0 Å². The van der Waals surface area contributed by atoms with Gasteiger partial charge in [0.2, 0.25) is 0 Å². The Kier molecular flexibility index (Phi) is 40.8. The predicted octanol–water partition coefficient (Wildman–Crippen LogP) is 9.39. The molecule has 0 saturated heterocycles. The number of quaternary nitrogens is 2. The first kappa shape index (κ1) is 51.0. The number of hydrogen-bond donors (Lipinski definition) is 0. The molecule has 0 aromatic carbocycles. The van der Waals surface area contributed by atoms with Crippen LogP contribution < -0.4 is 10.2 Å². The zero-order valence-corrected chi connectivity index (χ0v) is 33.9. The normalized spacial score (nSPS) is 11.6. The molecule has 0 aliphatic rings. The molecule has 0 radical (unpaired) electrons. The van der Waals surface area contributed by atoms with E-state index in [-0.39, 0.29) is 0 Å². The topological polar surface area (TPSA) is 80.3 Å². The van der Waals surface area contributed by atoms with E-state index in [1.165, 1.54) is 193 Å². The van der Waals surface area contributed by atoms with Crippen molar-refractivity contribution >= 4 is 11.9 Å². The fourth-order valence-corrected chi connectivity index (χ4v) is 5.70. The number of carbonyl (C=O) groups excluding carboxylic acids is 2. The number of carbonyl (C=O) groups is 2. The van der Waals surface area contributed by atoms with Crippen LogP contribution in [0.1, 0.15) is 194 Å². The molecule has 0 atom stereocenters. The van der Waals surface area contributed by atoms with Gasteiger partial charge >= 0.3 is 0 Å². The maximum Gasteiger partial charge on any atom is 0.0780 e. The molecule has 0 aliphatic heterocycles.